The first-order valence-corrected chi connectivity index (χ1v) is 13.4. The largest absolute Gasteiger partial charge is 0.456 e. The van der Waals surface area contributed by atoms with Crippen molar-refractivity contribution in [3.05, 3.63) is 138 Å². The smallest absolute Gasteiger partial charge is 0.275 e. The van der Waals surface area contributed by atoms with E-state index in [1.54, 1.807) is 30.5 Å². The summed E-state index contributed by atoms with van der Waals surface area (Å²) in [7, 11) is 0. The van der Waals surface area contributed by atoms with E-state index in [0.29, 0.717) is 28.4 Å². The summed E-state index contributed by atoms with van der Waals surface area (Å²) >= 11 is 0. The van der Waals surface area contributed by atoms with Crippen molar-refractivity contribution in [3.8, 4) is 11.5 Å². The zero-order valence-electron chi connectivity index (χ0n) is 22.4. The monoisotopic (exact) mass is 550 g/mol. The van der Waals surface area contributed by atoms with Crippen molar-refractivity contribution in [1.29, 1.82) is 0 Å². The van der Waals surface area contributed by atoms with Crippen LogP contribution in [-0.2, 0) is 5.54 Å². The van der Waals surface area contributed by atoms with Crippen LogP contribution in [0.5, 0.6) is 11.5 Å². The molecule has 0 unspecified atom stereocenters. The second kappa shape index (κ2) is 9.94. The van der Waals surface area contributed by atoms with Crippen molar-refractivity contribution < 1.29 is 9.53 Å². The Morgan fingerprint density at radius 2 is 1.31 bits per heavy atom. The average molecular weight is 551 g/mol. The molecule has 0 atom stereocenters. The molecule has 0 saturated heterocycles. The number of aliphatic imine (C=N–C) groups is 1. The van der Waals surface area contributed by atoms with Crippen molar-refractivity contribution >= 4 is 46.8 Å². The summed E-state index contributed by atoms with van der Waals surface area (Å²) in [6.45, 7) is 0. The zero-order valence-corrected chi connectivity index (χ0v) is 22.4. The molecule has 0 fully saturated rings. The quantitative estimate of drug-likeness (QED) is 0.164. The van der Waals surface area contributed by atoms with Crippen LogP contribution in [0.2, 0.25) is 0 Å². The molecule has 0 aliphatic carbocycles. The summed E-state index contributed by atoms with van der Waals surface area (Å²) in [6.07, 6.45) is 3.11. The van der Waals surface area contributed by atoms with E-state index in [1.807, 2.05) is 91.0 Å². The van der Waals surface area contributed by atoms with E-state index >= 15 is 0 Å². The molecule has 0 saturated carbocycles. The van der Waals surface area contributed by atoms with Crippen LogP contribution in [0.1, 0.15) is 27.0 Å². The number of hydrogen-bond donors (Lipinski definition) is 3. The molecule has 1 amide bonds. The van der Waals surface area contributed by atoms with Crippen LogP contribution < -0.4 is 21.5 Å². The third-order valence-electron chi connectivity index (χ3n) is 7.47. The maximum absolute atomic E-state index is 13.9. The Morgan fingerprint density at radius 1 is 0.690 bits per heavy atom. The normalized spacial score (nSPS) is 14.6. The van der Waals surface area contributed by atoms with E-state index in [1.165, 1.54) is 11.2 Å². The molecule has 0 radical (unpaired) electrons. The number of hydrogen-bond acceptors (Lipinski definition) is 7. The first-order valence-electron chi connectivity index (χ1n) is 13.4. The topological polar surface area (TPSA) is 118 Å². The molecule has 5 aromatic carbocycles. The van der Waals surface area contributed by atoms with Gasteiger partial charge >= 0.3 is 0 Å². The van der Waals surface area contributed by atoms with Crippen molar-refractivity contribution in [2.75, 3.05) is 16.8 Å². The Bertz CT molecular complexity index is 1830. The Balaban J connectivity index is 1.26. The van der Waals surface area contributed by atoms with Gasteiger partial charge in [-0.2, -0.15) is 5.10 Å². The molecule has 0 bridgehead atoms. The number of carbonyl (C=O) groups excluding carboxylic acids is 1. The minimum Gasteiger partial charge on any atom is -0.456 e. The number of ether oxygens (including phenoxy) is 1. The first-order chi connectivity index (χ1) is 20.5. The van der Waals surface area contributed by atoms with Gasteiger partial charge in [-0.15, -0.1) is 0 Å². The predicted octanol–water partition coefficient (Wildman–Crippen LogP) is 6.84. The number of amides is 1. The van der Waals surface area contributed by atoms with E-state index in [2.05, 4.69) is 10.3 Å². The summed E-state index contributed by atoms with van der Waals surface area (Å²) in [5.74, 6) is 0.838. The highest BCUT2D eigenvalue weighted by Crippen LogP contribution is 2.57. The van der Waals surface area contributed by atoms with Gasteiger partial charge in [0.05, 0.1) is 11.9 Å². The van der Waals surface area contributed by atoms with Crippen LogP contribution in [0.15, 0.2) is 125 Å². The molecule has 7 rings (SSSR count). The summed E-state index contributed by atoms with van der Waals surface area (Å²) in [5, 5.41) is 9.57. The van der Waals surface area contributed by atoms with Gasteiger partial charge in [0.15, 0.2) is 0 Å². The summed E-state index contributed by atoms with van der Waals surface area (Å²) < 4.78 is 6.27. The SMILES string of the molecule is Nc1ccc2c(c1)Oc1cc(N)ccc1C21c2ccccc2C(=O)N1N=CC=Nc1ccc(Nc2ccccc2)cc1. The third-order valence-corrected chi connectivity index (χ3v) is 7.47. The van der Waals surface area contributed by atoms with Gasteiger partial charge in [-0.05, 0) is 54.6 Å². The molecule has 204 valence electrons. The lowest BCUT2D eigenvalue weighted by atomic mass is 9.75. The molecule has 2 aliphatic rings. The molecule has 0 aromatic heterocycles. The molecule has 42 heavy (non-hydrogen) atoms. The van der Waals surface area contributed by atoms with E-state index in [9.17, 15) is 4.79 Å². The number of hydrazone groups is 1. The lowest BCUT2D eigenvalue weighted by molar-refractivity contribution is 0.0676. The Hall–Kier alpha value is -5.89. The molecular weight excluding hydrogens is 524 g/mol. The van der Waals surface area contributed by atoms with Gasteiger partial charge in [-0.1, -0.05) is 48.5 Å². The lowest BCUT2D eigenvalue weighted by Crippen LogP contribution is -2.44. The van der Waals surface area contributed by atoms with Crippen molar-refractivity contribution in [2.24, 2.45) is 10.1 Å². The number of para-hydroxylation sites is 1. The molecule has 8 nitrogen and oxygen atoms in total. The number of carbonyl (C=O) groups is 1. The third kappa shape index (κ3) is 4.05. The number of nitrogen functional groups attached to an aromatic ring is 2. The van der Waals surface area contributed by atoms with Crippen LogP contribution in [0, 0.1) is 0 Å². The van der Waals surface area contributed by atoms with Crippen LogP contribution in [0.3, 0.4) is 0 Å². The highest BCUT2D eigenvalue weighted by atomic mass is 16.5. The Kier molecular flexibility index (Phi) is 5.94. The lowest BCUT2D eigenvalue weighted by Gasteiger charge is -2.41. The van der Waals surface area contributed by atoms with Gasteiger partial charge in [0.25, 0.3) is 5.91 Å². The van der Waals surface area contributed by atoms with Crippen molar-refractivity contribution in [1.82, 2.24) is 5.01 Å². The predicted molar refractivity (Wildman–Crippen MR) is 167 cm³/mol. The first kappa shape index (κ1) is 25.1. The van der Waals surface area contributed by atoms with Crippen molar-refractivity contribution in [3.63, 3.8) is 0 Å². The highest BCUT2D eigenvalue weighted by Gasteiger charge is 2.57. The number of benzene rings is 5. The second-order valence-electron chi connectivity index (χ2n) is 10.1. The molecule has 5 N–H and O–H groups in total. The molecule has 5 aromatic rings. The van der Waals surface area contributed by atoms with Crippen LogP contribution in [0.25, 0.3) is 0 Å². The van der Waals surface area contributed by atoms with Crippen LogP contribution >= 0.6 is 0 Å². The van der Waals surface area contributed by atoms with Gasteiger partial charge in [0.2, 0.25) is 0 Å². The fourth-order valence-corrected chi connectivity index (χ4v) is 5.67. The van der Waals surface area contributed by atoms with Gasteiger partial charge in [0.1, 0.15) is 17.0 Å². The average Bonchev–Trinajstić information content (AvgIpc) is 3.24. The standard InChI is InChI=1S/C34H26N6O2/c35-22-10-16-29-31(20-22)42-32-21-23(36)11-17-30(32)34(29)28-9-5-4-8-27(28)33(41)40(34)38-19-18-37-24-12-14-26(15-13-24)39-25-6-2-1-3-7-25/h1-21,39H,35-36H2. The van der Waals surface area contributed by atoms with Crippen LogP contribution in [-0.4, -0.2) is 23.3 Å². The fourth-order valence-electron chi connectivity index (χ4n) is 5.67. The minimum absolute atomic E-state index is 0.237. The number of anilines is 4. The number of fused-ring (bicyclic) bond motifs is 6. The van der Waals surface area contributed by atoms with Gasteiger partial charge in [-0.3, -0.25) is 9.79 Å². The molecule has 1 spiro atoms. The van der Waals surface area contributed by atoms with Crippen LogP contribution in [0.4, 0.5) is 28.4 Å². The highest BCUT2D eigenvalue weighted by molar-refractivity contribution is 6.17. The maximum Gasteiger partial charge on any atom is 0.275 e. The van der Waals surface area contributed by atoms with Gasteiger partial charge in [0, 0.05) is 63.4 Å². The Morgan fingerprint density at radius 3 is 2.00 bits per heavy atom. The minimum atomic E-state index is -1.09. The zero-order chi connectivity index (χ0) is 28.7. The van der Waals surface area contributed by atoms with E-state index in [4.69, 9.17) is 21.3 Å². The molecular formula is C34H26N6O2. The number of nitrogens with one attached hydrogen (secondary N) is 1. The van der Waals surface area contributed by atoms with Gasteiger partial charge in [-0.25, -0.2) is 5.01 Å². The number of rotatable bonds is 5. The maximum atomic E-state index is 13.9. The Labute approximate surface area is 242 Å². The molecule has 8 heteroatoms. The summed E-state index contributed by atoms with van der Waals surface area (Å²) in [5.41, 5.74) is 17.8. The van der Waals surface area contributed by atoms with E-state index in [0.717, 1.165) is 33.8 Å². The van der Waals surface area contributed by atoms with E-state index < -0.39 is 5.54 Å². The van der Waals surface area contributed by atoms with Crippen molar-refractivity contribution in [2.45, 2.75) is 5.54 Å². The molecule has 2 aliphatic heterocycles. The summed E-state index contributed by atoms with van der Waals surface area (Å²) in [6, 6.07) is 36.1. The number of nitrogens with zero attached hydrogens (tertiary/aromatic N) is 3. The van der Waals surface area contributed by atoms with E-state index in [-0.39, 0.29) is 5.91 Å². The second-order valence-corrected chi connectivity index (χ2v) is 10.1. The molecule has 2 heterocycles. The summed E-state index contributed by atoms with van der Waals surface area (Å²) in [4.78, 5) is 18.5. The number of nitrogens with two attached hydrogens (primary N) is 2. The fraction of sp³-hybridized carbons (Fsp3) is 0.0294. The van der Waals surface area contributed by atoms with Gasteiger partial charge < -0.3 is 21.5 Å².